The number of para-hydroxylation sites is 1. The molecule has 96 valence electrons. The molecule has 5 nitrogen and oxygen atoms in total. The van der Waals surface area contributed by atoms with Gasteiger partial charge in [0.1, 0.15) is 5.52 Å². The van der Waals surface area contributed by atoms with E-state index in [4.69, 9.17) is 10.00 Å². The van der Waals surface area contributed by atoms with Crippen LogP contribution in [-0.4, -0.2) is 23.5 Å². The summed E-state index contributed by atoms with van der Waals surface area (Å²) in [6, 6.07) is 9.44. The molecule has 0 atom stereocenters. The average molecular weight is 272 g/mol. The largest absolute Gasteiger partial charge is 0.481 e. The average Bonchev–Trinajstić information content (AvgIpc) is 2.46. The number of nitrogens with one attached hydrogen (secondary N) is 1. The van der Waals surface area contributed by atoms with Crippen molar-refractivity contribution in [1.82, 2.24) is 10.3 Å². The van der Waals surface area contributed by atoms with E-state index in [2.05, 4.69) is 15.3 Å². The molecule has 0 aliphatic heterocycles. The van der Waals surface area contributed by atoms with Crippen LogP contribution in [0.15, 0.2) is 35.3 Å². The Morgan fingerprint density at radius 1 is 1.42 bits per heavy atom. The van der Waals surface area contributed by atoms with E-state index >= 15 is 0 Å². The fraction of sp³-hybridized carbons (Fsp3) is 0.154. The normalized spacial score (nSPS) is 11.1. The highest BCUT2D eigenvalue weighted by molar-refractivity contribution is 8.13. The molecular weight excluding hydrogens is 260 g/mol. The van der Waals surface area contributed by atoms with Gasteiger partial charge in [0, 0.05) is 11.5 Å². The Labute approximate surface area is 115 Å². The number of amidine groups is 1. The van der Waals surface area contributed by atoms with E-state index in [1.54, 1.807) is 13.2 Å². The van der Waals surface area contributed by atoms with E-state index in [1.165, 1.54) is 11.8 Å². The molecule has 2 rings (SSSR count). The first-order chi connectivity index (χ1) is 9.28. The SMILES string of the molecule is COc1ccc2cccc(N=C(NC#N)SC)c2n1. The van der Waals surface area contributed by atoms with Crippen molar-refractivity contribution in [3.63, 3.8) is 0 Å². The number of aromatic nitrogens is 1. The summed E-state index contributed by atoms with van der Waals surface area (Å²) in [6.07, 6.45) is 3.71. The third kappa shape index (κ3) is 2.95. The van der Waals surface area contributed by atoms with Crippen molar-refractivity contribution in [3.05, 3.63) is 30.3 Å². The minimum atomic E-state index is 0.527. The Morgan fingerprint density at radius 3 is 2.95 bits per heavy atom. The van der Waals surface area contributed by atoms with E-state index in [0.29, 0.717) is 16.7 Å². The standard InChI is InChI=1S/C13H12N4OS/c1-18-11-7-6-9-4-3-5-10(12(9)17-11)16-13(19-2)15-8-14/h3-7H,1-2H3,(H,15,16). The molecule has 0 bridgehead atoms. The van der Waals surface area contributed by atoms with Crippen LogP contribution in [0.2, 0.25) is 0 Å². The van der Waals surface area contributed by atoms with Crippen molar-refractivity contribution in [1.29, 1.82) is 5.26 Å². The van der Waals surface area contributed by atoms with Gasteiger partial charge in [-0.2, -0.15) is 5.26 Å². The van der Waals surface area contributed by atoms with Gasteiger partial charge in [-0.15, -0.1) is 0 Å². The maximum atomic E-state index is 8.65. The summed E-state index contributed by atoms with van der Waals surface area (Å²) in [5, 5.41) is 12.7. The summed E-state index contributed by atoms with van der Waals surface area (Å²) in [5.74, 6) is 0.536. The highest BCUT2D eigenvalue weighted by Gasteiger charge is 2.05. The van der Waals surface area contributed by atoms with Crippen molar-refractivity contribution in [2.75, 3.05) is 13.4 Å². The fourth-order valence-electron chi connectivity index (χ4n) is 1.60. The number of hydrogen-bond donors (Lipinski definition) is 1. The van der Waals surface area contributed by atoms with Crippen molar-refractivity contribution in [2.24, 2.45) is 4.99 Å². The van der Waals surface area contributed by atoms with Crippen LogP contribution >= 0.6 is 11.8 Å². The third-order valence-electron chi connectivity index (χ3n) is 2.46. The first-order valence-electron chi connectivity index (χ1n) is 5.50. The molecule has 0 unspecified atom stereocenters. The van der Waals surface area contributed by atoms with Crippen molar-refractivity contribution in [3.8, 4) is 12.1 Å². The molecule has 0 spiro atoms. The van der Waals surface area contributed by atoms with E-state index in [0.717, 1.165) is 10.9 Å². The predicted octanol–water partition coefficient (Wildman–Crippen LogP) is 2.66. The quantitative estimate of drug-likeness (QED) is 0.394. The van der Waals surface area contributed by atoms with Crippen LogP contribution in [0.1, 0.15) is 0 Å². The van der Waals surface area contributed by atoms with E-state index < -0.39 is 0 Å². The number of aliphatic imine (C=N–C) groups is 1. The van der Waals surface area contributed by atoms with Gasteiger partial charge in [-0.25, -0.2) is 9.98 Å². The minimum Gasteiger partial charge on any atom is -0.481 e. The zero-order valence-electron chi connectivity index (χ0n) is 10.5. The number of ether oxygens (including phenoxy) is 1. The van der Waals surface area contributed by atoms with Gasteiger partial charge >= 0.3 is 0 Å². The van der Waals surface area contributed by atoms with Gasteiger partial charge < -0.3 is 4.74 Å². The van der Waals surface area contributed by atoms with Crippen LogP contribution in [0.5, 0.6) is 5.88 Å². The van der Waals surface area contributed by atoms with Gasteiger partial charge in [-0.1, -0.05) is 23.9 Å². The summed E-state index contributed by atoms with van der Waals surface area (Å²) in [4.78, 5) is 8.79. The summed E-state index contributed by atoms with van der Waals surface area (Å²) in [6.45, 7) is 0. The monoisotopic (exact) mass is 272 g/mol. The lowest BCUT2D eigenvalue weighted by atomic mass is 10.2. The van der Waals surface area contributed by atoms with Gasteiger partial charge in [-0.05, 0) is 18.4 Å². The molecule has 0 fully saturated rings. The van der Waals surface area contributed by atoms with Crippen LogP contribution in [-0.2, 0) is 0 Å². The van der Waals surface area contributed by atoms with Gasteiger partial charge in [-0.3, -0.25) is 5.32 Å². The lowest BCUT2D eigenvalue weighted by Crippen LogP contribution is -2.12. The molecule has 19 heavy (non-hydrogen) atoms. The smallest absolute Gasteiger partial charge is 0.213 e. The summed E-state index contributed by atoms with van der Waals surface area (Å²) in [7, 11) is 1.57. The van der Waals surface area contributed by atoms with E-state index in [1.807, 2.05) is 36.7 Å². The number of thioether (sulfide) groups is 1. The molecule has 0 saturated heterocycles. The number of hydrogen-bond acceptors (Lipinski definition) is 5. The van der Waals surface area contributed by atoms with Crippen molar-refractivity contribution >= 4 is 33.5 Å². The van der Waals surface area contributed by atoms with Gasteiger partial charge in [0.05, 0.1) is 12.8 Å². The zero-order valence-corrected chi connectivity index (χ0v) is 11.4. The Kier molecular flexibility index (Phi) is 4.21. The third-order valence-corrected chi connectivity index (χ3v) is 3.04. The number of benzene rings is 1. The number of nitriles is 1. The lowest BCUT2D eigenvalue weighted by molar-refractivity contribution is 0.399. The minimum absolute atomic E-state index is 0.527. The number of methoxy groups -OCH3 is 1. The van der Waals surface area contributed by atoms with Crippen molar-refractivity contribution in [2.45, 2.75) is 0 Å². The van der Waals surface area contributed by atoms with E-state index in [-0.39, 0.29) is 0 Å². The molecule has 1 heterocycles. The second kappa shape index (κ2) is 6.07. The molecule has 6 heteroatoms. The molecule has 0 amide bonds. The Morgan fingerprint density at radius 2 is 2.26 bits per heavy atom. The molecule has 0 radical (unpaired) electrons. The number of nitrogens with zero attached hydrogens (tertiary/aromatic N) is 3. The Balaban J connectivity index is 2.56. The Hall–Kier alpha value is -2.26. The van der Waals surface area contributed by atoms with Gasteiger partial charge in [0.15, 0.2) is 11.4 Å². The molecule has 1 N–H and O–H groups in total. The van der Waals surface area contributed by atoms with Crippen LogP contribution in [0, 0.1) is 11.5 Å². The van der Waals surface area contributed by atoms with Crippen LogP contribution in [0.3, 0.4) is 0 Å². The maximum absolute atomic E-state index is 8.65. The number of pyridine rings is 1. The molecule has 0 saturated carbocycles. The van der Waals surface area contributed by atoms with Gasteiger partial charge in [0.2, 0.25) is 5.88 Å². The Bertz CT molecular complexity index is 663. The summed E-state index contributed by atoms with van der Waals surface area (Å²) < 4.78 is 5.12. The van der Waals surface area contributed by atoms with Crippen molar-refractivity contribution < 1.29 is 4.74 Å². The lowest BCUT2D eigenvalue weighted by Gasteiger charge is -2.05. The molecular formula is C13H12N4OS. The summed E-state index contributed by atoms with van der Waals surface area (Å²) in [5.41, 5.74) is 1.44. The molecule has 2 aromatic rings. The fourth-order valence-corrected chi connectivity index (χ4v) is 1.94. The molecule has 1 aromatic heterocycles. The number of rotatable bonds is 2. The van der Waals surface area contributed by atoms with E-state index in [9.17, 15) is 0 Å². The highest BCUT2D eigenvalue weighted by atomic mass is 32.2. The zero-order chi connectivity index (χ0) is 13.7. The second-order valence-electron chi connectivity index (χ2n) is 3.56. The van der Waals surface area contributed by atoms with Crippen LogP contribution < -0.4 is 10.1 Å². The summed E-state index contributed by atoms with van der Waals surface area (Å²) >= 11 is 1.37. The van der Waals surface area contributed by atoms with Crippen LogP contribution in [0.4, 0.5) is 5.69 Å². The number of fused-ring (bicyclic) bond motifs is 1. The van der Waals surface area contributed by atoms with Crippen LogP contribution in [0.25, 0.3) is 10.9 Å². The predicted molar refractivity (Wildman–Crippen MR) is 77.7 cm³/mol. The topological polar surface area (TPSA) is 70.3 Å². The van der Waals surface area contributed by atoms with Gasteiger partial charge in [0.25, 0.3) is 0 Å². The first kappa shape index (κ1) is 13.2. The second-order valence-corrected chi connectivity index (χ2v) is 4.36. The highest BCUT2D eigenvalue weighted by Crippen LogP contribution is 2.26. The maximum Gasteiger partial charge on any atom is 0.213 e. The first-order valence-corrected chi connectivity index (χ1v) is 6.72. The molecule has 0 aliphatic rings. The molecule has 1 aromatic carbocycles. The molecule has 0 aliphatic carbocycles.